The van der Waals surface area contributed by atoms with E-state index in [0.717, 1.165) is 11.1 Å². The number of aryl methyl sites for hydroxylation is 1. The summed E-state index contributed by atoms with van der Waals surface area (Å²) >= 11 is 0. The molecule has 0 bridgehead atoms. The molecule has 1 aromatic carbocycles. The third-order valence-corrected chi connectivity index (χ3v) is 2.89. The van der Waals surface area contributed by atoms with Crippen LogP contribution in [0.5, 0.6) is 11.5 Å². The van der Waals surface area contributed by atoms with Crippen LogP contribution < -0.4 is 15.2 Å². The van der Waals surface area contributed by atoms with E-state index in [4.69, 9.17) is 20.3 Å². The minimum Gasteiger partial charge on any atom is -0.493 e. The highest BCUT2D eigenvalue weighted by Crippen LogP contribution is 2.32. The monoisotopic (exact) mass is 288 g/mol. The van der Waals surface area contributed by atoms with Gasteiger partial charge in [-0.05, 0) is 18.6 Å². The van der Waals surface area contributed by atoms with Gasteiger partial charge in [0.05, 0.1) is 18.4 Å². The average molecular weight is 288 g/mol. The van der Waals surface area contributed by atoms with Gasteiger partial charge in [0.2, 0.25) is 0 Å². The number of carboxylic acid groups (broad SMARTS) is 1. The zero-order valence-corrected chi connectivity index (χ0v) is 11.8. The maximum Gasteiger partial charge on any atom is 0.337 e. The van der Waals surface area contributed by atoms with Gasteiger partial charge in [0, 0.05) is 30.1 Å². The maximum atomic E-state index is 11.1. The van der Waals surface area contributed by atoms with Gasteiger partial charge >= 0.3 is 5.97 Å². The number of aromatic carboxylic acids is 1. The van der Waals surface area contributed by atoms with Gasteiger partial charge in [-0.1, -0.05) is 0 Å². The Balaban J connectivity index is 2.26. The van der Waals surface area contributed by atoms with Crippen LogP contribution >= 0.6 is 0 Å². The Hall–Kier alpha value is -2.76. The van der Waals surface area contributed by atoms with E-state index in [2.05, 4.69) is 4.98 Å². The van der Waals surface area contributed by atoms with Crippen molar-refractivity contribution in [3.8, 4) is 11.5 Å². The summed E-state index contributed by atoms with van der Waals surface area (Å²) in [6.07, 6.45) is 3.44. The first-order valence-corrected chi connectivity index (χ1v) is 6.25. The summed E-state index contributed by atoms with van der Waals surface area (Å²) < 4.78 is 10.8. The highest BCUT2D eigenvalue weighted by atomic mass is 16.5. The summed E-state index contributed by atoms with van der Waals surface area (Å²) in [7, 11) is 1.47. The number of hydrogen-bond acceptors (Lipinski definition) is 5. The lowest BCUT2D eigenvalue weighted by Gasteiger charge is -2.13. The number of anilines is 1. The molecule has 0 aliphatic carbocycles. The van der Waals surface area contributed by atoms with E-state index in [1.165, 1.54) is 19.2 Å². The van der Waals surface area contributed by atoms with E-state index < -0.39 is 5.97 Å². The van der Waals surface area contributed by atoms with Gasteiger partial charge in [0.1, 0.15) is 6.61 Å². The van der Waals surface area contributed by atoms with Crippen molar-refractivity contribution in [3.63, 3.8) is 0 Å². The molecular formula is C15H16N2O4. The molecule has 21 heavy (non-hydrogen) atoms. The van der Waals surface area contributed by atoms with Crippen LogP contribution in [0.1, 0.15) is 21.5 Å². The number of pyridine rings is 1. The van der Waals surface area contributed by atoms with Crippen molar-refractivity contribution < 1.29 is 19.4 Å². The second-order valence-corrected chi connectivity index (χ2v) is 4.55. The van der Waals surface area contributed by atoms with Gasteiger partial charge in [-0.25, -0.2) is 4.79 Å². The molecule has 2 rings (SSSR count). The number of rotatable bonds is 5. The fourth-order valence-corrected chi connectivity index (χ4v) is 1.89. The Kier molecular flexibility index (Phi) is 4.27. The lowest BCUT2D eigenvalue weighted by Crippen LogP contribution is -2.05. The number of hydrogen-bond donors (Lipinski definition) is 2. The summed E-state index contributed by atoms with van der Waals surface area (Å²) in [5.41, 5.74) is 7.68. The molecule has 6 nitrogen and oxygen atoms in total. The van der Waals surface area contributed by atoms with Crippen molar-refractivity contribution in [2.24, 2.45) is 0 Å². The smallest absolute Gasteiger partial charge is 0.337 e. The minimum absolute atomic E-state index is 0.0202. The molecule has 0 radical (unpaired) electrons. The van der Waals surface area contributed by atoms with Crippen molar-refractivity contribution in [1.82, 2.24) is 4.98 Å². The number of carboxylic acids is 1. The molecule has 0 aliphatic rings. The SMILES string of the molecule is COc1cc(N)c(C(=O)O)cc1OCc1cncc(C)c1. The van der Waals surface area contributed by atoms with Crippen molar-refractivity contribution in [1.29, 1.82) is 0 Å². The molecule has 0 fully saturated rings. The number of methoxy groups -OCH3 is 1. The topological polar surface area (TPSA) is 94.7 Å². The zero-order chi connectivity index (χ0) is 15.4. The molecule has 1 heterocycles. The van der Waals surface area contributed by atoms with E-state index in [1.807, 2.05) is 13.0 Å². The number of nitrogens with two attached hydrogens (primary N) is 1. The average Bonchev–Trinajstić information content (AvgIpc) is 2.45. The molecule has 0 aliphatic heterocycles. The van der Waals surface area contributed by atoms with Crippen molar-refractivity contribution >= 4 is 11.7 Å². The molecule has 2 aromatic rings. The Bertz CT molecular complexity index is 671. The summed E-state index contributed by atoms with van der Waals surface area (Å²) in [6, 6.07) is 4.74. The number of benzene rings is 1. The minimum atomic E-state index is -1.11. The largest absolute Gasteiger partial charge is 0.493 e. The fourth-order valence-electron chi connectivity index (χ4n) is 1.89. The van der Waals surface area contributed by atoms with E-state index in [0.29, 0.717) is 11.5 Å². The summed E-state index contributed by atoms with van der Waals surface area (Å²) in [4.78, 5) is 15.2. The van der Waals surface area contributed by atoms with Crippen molar-refractivity contribution in [3.05, 3.63) is 47.3 Å². The standard InChI is InChI=1S/C15H16N2O4/c1-9-3-10(7-17-6-9)8-21-14-4-11(15(18)19)12(16)5-13(14)20-2/h3-7H,8,16H2,1-2H3,(H,18,19). The molecule has 6 heteroatoms. The Morgan fingerprint density at radius 2 is 2.05 bits per heavy atom. The first-order valence-electron chi connectivity index (χ1n) is 6.25. The third kappa shape index (κ3) is 3.42. The van der Waals surface area contributed by atoms with Gasteiger partial charge < -0.3 is 20.3 Å². The Morgan fingerprint density at radius 1 is 1.29 bits per heavy atom. The van der Waals surface area contributed by atoms with Crippen LogP contribution in [0.25, 0.3) is 0 Å². The predicted octanol–water partition coefficient (Wildman–Crippen LogP) is 2.26. The van der Waals surface area contributed by atoms with Crippen LogP contribution in [0.3, 0.4) is 0 Å². The number of nitrogen functional groups attached to an aromatic ring is 1. The quantitative estimate of drug-likeness (QED) is 0.819. The van der Waals surface area contributed by atoms with Gasteiger partial charge in [0.15, 0.2) is 11.5 Å². The normalized spacial score (nSPS) is 10.2. The molecule has 110 valence electrons. The molecule has 0 spiro atoms. The predicted molar refractivity (Wildman–Crippen MR) is 77.7 cm³/mol. The molecule has 0 amide bonds. The van der Waals surface area contributed by atoms with Crippen LogP contribution in [-0.4, -0.2) is 23.2 Å². The molecule has 0 atom stereocenters. The maximum absolute atomic E-state index is 11.1. The summed E-state index contributed by atoms with van der Waals surface area (Å²) in [6.45, 7) is 2.19. The first-order chi connectivity index (χ1) is 10.0. The van der Waals surface area contributed by atoms with Crippen LogP contribution in [-0.2, 0) is 6.61 Å². The second-order valence-electron chi connectivity index (χ2n) is 4.55. The lowest BCUT2D eigenvalue weighted by atomic mass is 10.1. The van der Waals surface area contributed by atoms with Gasteiger partial charge in [-0.2, -0.15) is 0 Å². The third-order valence-electron chi connectivity index (χ3n) is 2.89. The molecule has 1 aromatic heterocycles. The van der Waals surface area contributed by atoms with Gasteiger partial charge in [0.25, 0.3) is 0 Å². The fraction of sp³-hybridized carbons (Fsp3) is 0.200. The number of aromatic nitrogens is 1. The molecule has 3 N–H and O–H groups in total. The summed E-state index contributed by atoms with van der Waals surface area (Å²) in [5, 5.41) is 9.09. The molecular weight excluding hydrogens is 272 g/mol. The van der Waals surface area contributed by atoms with E-state index >= 15 is 0 Å². The van der Waals surface area contributed by atoms with Gasteiger partial charge in [-0.15, -0.1) is 0 Å². The lowest BCUT2D eigenvalue weighted by molar-refractivity contribution is 0.0697. The number of nitrogens with zero attached hydrogens (tertiary/aromatic N) is 1. The summed E-state index contributed by atoms with van der Waals surface area (Å²) in [5.74, 6) is -0.402. The van der Waals surface area contributed by atoms with Crippen LogP contribution in [0.15, 0.2) is 30.6 Å². The van der Waals surface area contributed by atoms with E-state index in [-0.39, 0.29) is 17.9 Å². The Labute approximate surface area is 122 Å². The molecule has 0 unspecified atom stereocenters. The second kappa shape index (κ2) is 6.13. The van der Waals surface area contributed by atoms with Crippen LogP contribution in [0, 0.1) is 6.92 Å². The zero-order valence-electron chi connectivity index (χ0n) is 11.8. The van der Waals surface area contributed by atoms with E-state index in [1.54, 1.807) is 12.4 Å². The van der Waals surface area contributed by atoms with Crippen molar-refractivity contribution in [2.45, 2.75) is 13.5 Å². The highest BCUT2D eigenvalue weighted by molar-refractivity contribution is 5.94. The van der Waals surface area contributed by atoms with Crippen molar-refractivity contribution in [2.75, 3.05) is 12.8 Å². The van der Waals surface area contributed by atoms with Crippen LogP contribution in [0.2, 0.25) is 0 Å². The van der Waals surface area contributed by atoms with Gasteiger partial charge in [-0.3, -0.25) is 4.98 Å². The first kappa shape index (κ1) is 14.6. The Morgan fingerprint density at radius 3 is 2.67 bits per heavy atom. The highest BCUT2D eigenvalue weighted by Gasteiger charge is 2.14. The molecule has 0 saturated carbocycles. The van der Waals surface area contributed by atoms with E-state index in [9.17, 15) is 4.79 Å². The molecule has 0 saturated heterocycles. The number of carbonyl (C=O) groups is 1. The van der Waals surface area contributed by atoms with Crippen LogP contribution in [0.4, 0.5) is 5.69 Å². The number of ether oxygens (including phenoxy) is 2.